The molecule has 0 aliphatic heterocycles. The molecule has 0 fully saturated rings. The second kappa shape index (κ2) is 26.2. The first-order chi connectivity index (χ1) is 4.15. The Bertz CT molecular complexity index is 51.6. The van der Waals surface area contributed by atoms with Gasteiger partial charge in [-0.05, 0) is 20.6 Å². The van der Waals surface area contributed by atoms with Crippen LogP contribution in [0.15, 0.2) is 17.1 Å². The van der Waals surface area contributed by atoms with Gasteiger partial charge in [-0.2, -0.15) is 0 Å². The summed E-state index contributed by atoms with van der Waals surface area (Å²) < 4.78 is 0. The molecule has 0 aromatic carbocycles. The fourth-order valence-electron chi connectivity index (χ4n) is 0. The average Bonchev–Trinajstić information content (AvgIpc) is 1.71. The SMILES string of the molecule is C=C(C)C.C=NC.CC. The van der Waals surface area contributed by atoms with E-state index in [0.29, 0.717) is 0 Å². The van der Waals surface area contributed by atoms with Crippen molar-refractivity contribution < 1.29 is 0 Å². The molecule has 0 aromatic rings. The van der Waals surface area contributed by atoms with Crippen molar-refractivity contribution in [3.05, 3.63) is 12.2 Å². The van der Waals surface area contributed by atoms with Crippen LogP contribution in [0.5, 0.6) is 0 Å². The maximum Gasteiger partial charge on any atom is 0.0269 e. The van der Waals surface area contributed by atoms with E-state index < -0.39 is 0 Å². The standard InChI is InChI=1S/C4H8.C2H5N.C2H6/c1-4(2)3;1-3-2;1-2/h1H2,2-3H3;1H2,2H3;1-2H3. The normalized spacial score (nSPS) is 5.00. The summed E-state index contributed by atoms with van der Waals surface area (Å²) in [7, 11) is 1.64. The second-order valence-electron chi connectivity index (χ2n) is 1.52. The Hall–Kier alpha value is -0.590. The van der Waals surface area contributed by atoms with Gasteiger partial charge in [-0.25, -0.2) is 0 Å². The highest BCUT2D eigenvalue weighted by molar-refractivity contribution is 5.22. The molecule has 0 heterocycles. The average molecular weight is 129 g/mol. The molecule has 0 saturated carbocycles. The maximum atomic E-state index is 3.56. The summed E-state index contributed by atoms with van der Waals surface area (Å²) in [5, 5.41) is 0. The summed E-state index contributed by atoms with van der Waals surface area (Å²) in [6.07, 6.45) is 0. The van der Waals surface area contributed by atoms with Crippen molar-refractivity contribution in [1.29, 1.82) is 0 Å². The Labute approximate surface area is 59.5 Å². The third kappa shape index (κ3) is 623. The van der Waals surface area contributed by atoms with Gasteiger partial charge in [0.05, 0.1) is 0 Å². The van der Waals surface area contributed by atoms with Gasteiger partial charge in [0.15, 0.2) is 0 Å². The first-order valence-electron chi connectivity index (χ1n) is 3.12. The van der Waals surface area contributed by atoms with E-state index >= 15 is 0 Å². The minimum absolute atomic E-state index is 1.17. The molecular weight excluding hydrogens is 110 g/mol. The number of hydrogen-bond donors (Lipinski definition) is 0. The van der Waals surface area contributed by atoms with Gasteiger partial charge >= 0.3 is 0 Å². The van der Waals surface area contributed by atoms with Crippen LogP contribution in [0, 0.1) is 0 Å². The smallest absolute Gasteiger partial charge is 0.0269 e. The largest absolute Gasteiger partial charge is 0.304 e. The molecular formula is C8H19N. The predicted molar refractivity (Wildman–Crippen MR) is 47.3 cm³/mol. The van der Waals surface area contributed by atoms with Crippen LogP contribution in [-0.2, 0) is 0 Å². The van der Waals surface area contributed by atoms with Gasteiger partial charge in [0.25, 0.3) is 0 Å². The summed E-state index contributed by atoms with van der Waals surface area (Å²) in [4.78, 5) is 3.25. The quantitative estimate of drug-likeness (QED) is 0.352. The van der Waals surface area contributed by atoms with E-state index in [1.165, 1.54) is 5.57 Å². The Balaban J connectivity index is -0.0000000646. The highest BCUT2D eigenvalue weighted by Crippen LogP contribution is 1.73. The number of hydrogen-bond acceptors (Lipinski definition) is 1. The highest BCUT2D eigenvalue weighted by Gasteiger charge is 1.51. The van der Waals surface area contributed by atoms with Crippen LogP contribution in [0.2, 0.25) is 0 Å². The first kappa shape index (κ1) is 15.8. The van der Waals surface area contributed by atoms with Crippen molar-refractivity contribution in [2.24, 2.45) is 4.99 Å². The van der Waals surface area contributed by atoms with Gasteiger partial charge in [-0.1, -0.05) is 19.4 Å². The van der Waals surface area contributed by atoms with Gasteiger partial charge in [0, 0.05) is 7.05 Å². The molecule has 0 atom stereocenters. The second-order valence-corrected chi connectivity index (χ2v) is 1.52. The molecule has 0 saturated heterocycles. The summed E-state index contributed by atoms with van der Waals surface area (Å²) >= 11 is 0. The van der Waals surface area contributed by atoms with Gasteiger partial charge in [0.1, 0.15) is 0 Å². The summed E-state index contributed by atoms with van der Waals surface area (Å²) in [6.45, 7) is 14.6. The Morgan fingerprint density at radius 2 is 1.22 bits per heavy atom. The van der Waals surface area contributed by atoms with E-state index in [-0.39, 0.29) is 0 Å². The predicted octanol–water partition coefficient (Wildman–Crippen LogP) is 2.93. The molecule has 0 spiro atoms. The van der Waals surface area contributed by atoms with E-state index in [0.717, 1.165) is 0 Å². The van der Waals surface area contributed by atoms with Crippen LogP contribution in [0.4, 0.5) is 0 Å². The van der Waals surface area contributed by atoms with Crippen molar-refractivity contribution in [2.45, 2.75) is 27.7 Å². The molecule has 0 rings (SSSR count). The first-order valence-corrected chi connectivity index (χ1v) is 3.12. The van der Waals surface area contributed by atoms with Gasteiger partial charge < -0.3 is 4.99 Å². The summed E-state index contributed by atoms with van der Waals surface area (Å²) in [5.74, 6) is 0. The molecule has 9 heavy (non-hydrogen) atoms. The zero-order valence-electron chi connectivity index (χ0n) is 7.36. The maximum absolute atomic E-state index is 3.56. The van der Waals surface area contributed by atoms with E-state index in [1.807, 2.05) is 27.7 Å². The summed E-state index contributed by atoms with van der Waals surface area (Å²) in [6, 6.07) is 0. The van der Waals surface area contributed by atoms with E-state index in [1.54, 1.807) is 7.05 Å². The van der Waals surface area contributed by atoms with Crippen LogP contribution in [0.3, 0.4) is 0 Å². The Morgan fingerprint density at radius 1 is 1.22 bits per heavy atom. The molecule has 0 unspecified atom stereocenters. The molecule has 1 heteroatoms. The lowest BCUT2D eigenvalue weighted by molar-refractivity contribution is 1.42. The number of allylic oxidation sites excluding steroid dienone is 1. The zero-order chi connectivity index (χ0) is 8.28. The third-order valence-electron chi connectivity index (χ3n) is 0. The fraction of sp³-hybridized carbons (Fsp3) is 0.625. The van der Waals surface area contributed by atoms with Gasteiger partial charge in [-0.3, -0.25) is 0 Å². The molecule has 0 radical (unpaired) electrons. The van der Waals surface area contributed by atoms with E-state index in [2.05, 4.69) is 18.3 Å². The Kier molecular flexibility index (Phi) is 45.9. The summed E-state index contributed by atoms with van der Waals surface area (Å²) in [5.41, 5.74) is 1.17. The third-order valence-corrected chi connectivity index (χ3v) is 0. The van der Waals surface area contributed by atoms with Gasteiger partial charge in [-0.15, -0.1) is 6.58 Å². The van der Waals surface area contributed by atoms with Crippen LogP contribution in [-0.4, -0.2) is 13.8 Å². The van der Waals surface area contributed by atoms with Crippen molar-refractivity contribution in [3.8, 4) is 0 Å². The monoisotopic (exact) mass is 129 g/mol. The molecule has 0 N–H and O–H groups in total. The molecule has 0 amide bonds. The van der Waals surface area contributed by atoms with E-state index in [9.17, 15) is 0 Å². The van der Waals surface area contributed by atoms with Crippen molar-refractivity contribution in [3.63, 3.8) is 0 Å². The Morgan fingerprint density at radius 3 is 1.22 bits per heavy atom. The minimum atomic E-state index is 1.17. The van der Waals surface area contributed by atoms with E-state index in [4.69, 9.17) is 0 Å². The van der Waals surface area contributed by atoms with Crippen LogP contribution >= 0.6 is 0 Å². The highest BCUT2D eigenvalue weighted by atomic mass is 14.6. The number of aliphatic imine (C=N–C) groups is 1. The topological polar surface area (TPSA) is 12.4 Å². The molecule has 0 aromatic heterocycles. The lowest BCUT2D eigenvalue weighted by Gasteiger charge is -1.65. The van der Waals surface area contributed by atoms with Gasteiger partial charge in [0.2, 0.25) is 0 Å². The van der Waals surface area contributed by atoms with Crippen LogP contribution in [0.25, 0.3) is 0 Å². The van der Waals surface area contributed by atoms with Crippen molar-refractivity contribution in [2.75, 3.05) is 7.05 Å². The zero-order valence-corrected chi connectivity index (χ0v) is 7.36. The molecule has 56 valence electrons. The minimum Gasteiger partial charge on any atom is -0.304 e. The molecule has 0 aliphatic carbocycles. The van der Waals surface area contributed by atoms with Crippen LogP contribution < -0.4 is 0 Å². The number of nitrogens with zero attached hydrogens (tertiary/aromatic N) is 1. The number of rotatable bonds is 0. The fourth-order valence-corrected chi connectivity index (χ4v) is 0. The molecule has 1 nitrogen and oxygen atoms in total. The van der Waals surface area contributed by atoms with Crippen LogP contribution in [0.1, 0.15) is 27.7 Å². The molecule has 0 bridgehead atoms. The van der Waals surface area contributed by atoms with Crippen molar-refractivity contribution >= 4 is 6.72 Å². The lowest BCUT2D eigenvalue weighted by atomic mass is 10.4. The molecule has 0 aliphatic rings. The lowest BCUT2D eigenvalue weighted by Crippen LogP contribution is -1.43. The van der Waals surface area contributed by atoms with Crippen molar-refractivity contribution in [1.82, 2.24) is 0 Å².